The molecule has 0 radical (unpaired) electrons. The van der Waals surface area contributed by atoms with E-state index in [2.05, 4.69) is 46.3 Å². The first kappa shape index (κ1) is 12.3. The summed E-state index contributed by atoms with van der Waals surface area (Å²) in [6.45, 7) is 7.07. The van der Waals surface area contributed by atoms with Gasteiger partial charge in [0.15, 0.2) is 5.96 Å². The average Bonchev–Trinajstić information content (AvgIpc) is 2.89. The summed E-state index contributed by atoms with van der Waals surface area (Å²) < 4.78 is 0. The summed E-state index contributed by atoms with van der Waals surface area (Å²) in [4.78, 5) is 6.52. The van der Waals surface area contributed by atoms with Gasteiger partial charge in [0.05, 0.1) is 6.54 Å². The molecule has 1 aromatic rings. The molecule has 0 unspecified atom stereocenters. The third-order valence-electron chi connectivity index (χ3n) is 2.66. The predicted octanol–water partition coefficient (Wildman–Crippen LogP) is 1.09. The van der Waals surface area contributed by atoms with Crippen LogP contribution in [0, 0.1) is 0 Å². The first-order valence-corrected chi connectivity index (χ1v) is 6.80. The molecule has 0 amide bonds. The van der Waals surface area contributed by atoms with Gasteiger partial charge < -0.3 is 10.2 Å². The van der Waals surface area contributed by atoms with Crippen molar-refractivity contribution in [2.24, 2.45) is 4.99 Å². The van der Waals surface area contributed by atoms with Gasteiger partial charge in [0.25, 0.3) is 0 Å². The Bertz CT molecular complexity index is 398. The van der Waals surface area contributed by atoms with E-state index in [1.54, 1.807) is 11.3 Å². The van der Waals surface area contributed by atoms with E-state index in [1.807, 2.05) is 0 Å². The second kappa shape index (κ2) is 5.44. The zero-order valence-corrected chi connectivity index (χ0v) is 11.4. The Hall–Kier alpha value is -1.17. The largest absolute Gasteiger partial charge is 0.356 e. The SMILES string of the molecule is CC(C)c1nnc(CCNC2=NCCN2C)s1. The molecular formula is C11H19N5S. The van der Waals surface area contributed by atoms with Crippen molar-refractivity contribution in [3.05, 3.63) is 10.0 Å². The lowest BCUT2D eigenvalue weighted by atomic mass is 10.2. The number of nitrogens with one attached hydrogen (secondary N) is 1. The van der Waals surface area contributed by atoms with Crippen molar-refractivity contribution in [3.8, 4) is 0 Å². The van der Waals surface area contributed by atoms with Crippen LogP contribution in [0.3, 0.4) is 0 Å². The highest BCUT2D eigenvalue weighted by molar-refractivity contribution is 7.11. The van der Waals surface area contributed by atoms with Gasteiger partial charge in [-0.2, -0.15) is 0 Å². The number of hydrogen-bond donors (Lipinski definition) is 1. The van der Waals surface area contributed by atoms with Crippen LogP contribution in [0.5, 0.6) is 0 Å². The zero-order valence-electron chi connectivity index (χ0n) is 10.6. The summed E-state index contributed by atoms with van der Waals surface area (Å²) in [7, 11) is 2.06. The molecule has 0 spiro atoms. The second-order valence-corrected chi connectivity index (χ2v) is 5.59. The number of aromatic nitrogens is 2. The number of aliphatic imine (C=N–C) groups is 1. The van der Waals surface area contributed by atoms with E-state index in [-0.39, 0.29) is 0 Å². The third kappa shape index (κ3) is 3.15. The highest BCUT2D eigenvalue weighted by Crippen LogP contribution is 2.18. The maximum atomic E-state index is 4.38. The normalized spacial score (nSPS) is 15.5. The number of likely N-dealkylation sites (N-methyl/N-ethyl adjacent to an activating group) is 1. The number of nitrogens with zero attached hydrogens (tertiary/aromatic N) is 4. The zero-order chi connectivity index (χ0) is 12.3. The molecule has 2 heterocycles. The van der Waals surface area contributed by atoms with Crippen molar-refractivity contribution in [1.29, 1.82) is 0 Å². The van der Waals surface area contributed by atoms with E-state index >= 15 is 0 Å². The lowest BCUT2D eigenvalue weighted by Gasteiger charge is -2.14. The molecule has 1 aliphatic heterocycles. The van der Waals surface area contributed by atoms with Gasteiger partial charge in [-0.25, -0.2) is 0 Å². The van der Waals surface area contributed by atoms with Crippen LogP contribution in [0.4, 0.5) is 0 Å². The number of rotatable bonds is 4. The van der Waals surface area contributed by atoms with Crippen molar-refractivity contribution in [2.45, 2.75) is 26.2 Å². The Morgan fingerprint density at radius 2 is 2.24 bits per heavy atom. The molecule has 2 rings (SSSR count). The molecule has 0 aromatic carbocycles. The van der Waals surface area contributed by atoms with Gasteiger partial charge in [-0.3, -0.25) is 4.99 Å². The summed E-state index contributed by atoms with van der Waals surface area (Å²) in [5.74, 6) is 1.47. The molecule has 1 N–H and O–H groups in total. The summed E-state index contributed by atoms with van der Waals surface area (Å²) in [5, 5.41) is 13.9. The Morgan fingerprint density at radius 1 is 1.41 bits per heavy atom. The van der Waals surface area contributed by atoms with E-state index in [9.17, 15) is 0 Å². The Kier molecular flexibility index (Phi) is 3.93. The quantitative estimate of drug-likeness (QED) is 0.873. The fourth-order valence-electron chi connectivity index (χ4n) is 1.61. The molecule has 17 heavy (non-hydrogen) atoms. The van der Waals surface area contributed by atoms with Crippen LogP contribution in [0.1, 0.15) is 29.8 Å². The fraction of sp³-hybridized carbons (Fsp3) is 0.727. The number of hydrogen-bond acceptors (Lipinski definition) is 6. The van der Waals surface area contributed by atoms with Crippen LogP contribution in [0.25, 0.3) is 0 Å². The van der Waals surface area contributed by atoms with Gasteiger partial charge in [-0.05, 0) is 0 Å². The first-order valence-electron chi connectivity index (χ1n) is 5.98. The molecule has 0 bridgehead atoms. The minimum absolute atomic E-state index is 0.472. The first-order chi connectivity index (χ1) is 8.16. The molecular weight excluding hydrogens is 234 g/mol. The van der Waals surface area contributed by atoms with Crippen LogP contribution in [-0.4, -0.2) is 47.7 Å². The monoisotopic (exact) mass is 253 g/mol. The maximum absolute atomic E-state index is 4.38. The van der Waals surface area contributed by atoms with Crippen molar-refractivity contribution in [3.63, 3.8) is 0 Å². The molecule has 6 heteroatoms. The van der Waals surface area contributed by atoms with E-state index in [4.69, 9.17) is 0 Å². The van der Waals surface area contributed by atoms with Gasteiger partial charge in [0.1, 0.15) is 10.0 Å². The molecule has 0 saturated heterocycles. The van der Waals surface area contributed by atoms with Crippen LogP contribution in [-0.2, 0) is 6.42 Å². The van der Waals surface area contributed by atoms with Crippen molar-refractivity contribution >= 4 is 17.3 Å². The minimum atomic E-state index is 0.472. The molecule has 1 aromatic heterocycles. The Labute approximate surface area is 106 Å². The van der Waals surface area contributed by atoms with Gasteiger partial charge in [0.2, 0.25) is 0 Å². The lowest BCUT2D eigenvalue weighted by molar-refractivity contribution is 0.534. The Morgan fingerprint density at radius 3 is 2.82 bits per heavy atom. The van der Waals surface area contributed by atoms with E-state index in [0.717, 1.165) is 42.0 Å². The fourth-order valence-corrected chi connectivity index (χ4v) is 2.45. The molecule has 0 atom stereocenters. The molecule has 0 saturated carbocycles. The highest BCUT2D eigenvalue weighted by atomic mass is 32.1. The summed E-state index contributed by atoms with van der Waals surface area (Å²) in [6, 6.07) is 0. The van der Waals surface area contributed by atoms with Gasteiger partial charge >= 0.3 is 0 Å². The van der Waals surface area contributed by atoms with Crippen LogP contribution < -0.4 is 5.32 Å². The van der Waals surface area contributed by atoms with Crippen molar-refractivity contribution in [2.75, 3.05) is 26.7 Å². The van der Waals surface area contributed by atoms with Crippen LogP contribution in [0.2, 0.25) is 0 Å². The van der Waals surface area contributed by atoms with Crippen LogP contribution >= 0.6 is 11.3 Å². The van der Waals surface area contributed by atoms with E-state index in [0.29, 0.717) is 5.92 Å². The predicted molar refractivity (Wildman–Crippen MR) is 70.6 cm³/mol. The summed E-state index contributed by atoms with van der Waals surface area (Å²) in [6.07, 6.45) is 0.914. The van der Waals surface area contributed by atoms with Crippen molar-refractivity contribution in [1.82, 2.24) is 20.4 Å². The van der Waals surface area contributed by atoms with Gasteiger partial charge in [0, 0.05) is 32.5 Å². The van der Waals surface area contributed by atoms with Crippen LogP contribution in [0.15, 0.2) is 4.99 Å². The van der Waals surface area contributed by atoms with Gasteiger partial charge in [-0.15, -0.1) is 21.5 Å². The molecule has 94 valence electrons. The van der Waals surface area contributed by atoms with E-state index < -0.39 is 0 Å². The maximum Gasteiger partial charge on any atom is 0.193 e. The summed E-state index contributed by atoms with van der Waals surface area (Å²) >= 11 is 1.71. The second-order valence-electron chi connectivity index (χ2n) is 4.49. The lowest BCUT2D eigenvalue weighted by Crippen LogP contribution is -2.36. The number of guanidine groups is 1. The van der Waals surface area contributed by atoms with Gasteiger partial charge in [-0.1, -0.05) is 13.8 Å². The smallest absolute Gasteiger partial charge is 0.193 e. The topological polar surface area (TPSA) is 53.4 Å². The average molecular weight is 253 g/mol. The molecule has 0 aliphatic carbocycles. The minimum Gasteiger partial charge on any atom is -0.356 e. The Balaban J connectivity index is 1.78. The van der Waals surface area contributed by atoms with E-state index in [1.165, 1.54) is 0 Å². The molecule has 5 nitrogen and oxygen atoms in total. The summed E-state index contributed by atoms with van der Waals surface area (Å²) in [5.41, 5.74) is 0. The third-order valence-corrected chi connectivity index (χ3v) is 3.94. The standard InChI is InChI=1S/C11H19N5S/c1-8(2)10-15-14-9(17-10)4-5-12-11-13-6-7-16(11)3/h8H,4-7H2,1-3H3,(H,12,13). The van der Waals surface area contributed by atoms with Crippen molar-refractivity contribution < 1.29 is 0 Å². The molecule has 0 fully saturated rings. The molecule has 1 aliphatic rings. The highest BCUT2D eigenvalue weighted by Gasteiger charge is 2.12.